The van der Waals surface area contributed by atoms with Gasteiger partial charge in [0.2, 0.25) is 0 Å². The van der Waals surface area contributed by atoms with Gasteiger partial charge in [0.25, 0.3) is 0 Å². The first kappa shape index (κ1) is 8.23. The molecule has 0 amide bonds. The highest BCUT2D eigenvalue weighted by Crippen LogP contribution is 2.12. The predicted molar refractivity (Wildman–Crippen MR) is 42.0 cm³/mol. The Balaban J connectivity index is 2.94. The second-order valence-corrected chi connectivity index (χ2v) is 2.60. The van der Waals surface area contributed by atoms with Crippen LogP contribution in [0.4, 0.5) is 0 Å². The van der Waals surface area contributed by atoms with Crippen LogP contribution in [0.5, 0.6) is 0 Å². The van der Waals surface area contributed by atoms with Crippen molar-refractivity contribution in [2.24, 2.45) is 12.8 Å². The highest BCUT2D eigenvalue weighted by Gasteiger charge is 2.10. The van der Waals surface area contributed by atoms with Crippen molar-refractivity contribution in [1.82, 2.24) is 9.78 Å². The van der Waals surface area contributed by atoms with Crippen molar-refractivity contribution >= 4 is 0 Å². The minimum Gasteiger partial charge on any atom is -0.394 e. The third kappa shape index (κ3) is 1.41. The number of hydrogen-bond acceptors (Lipinski definition) is 3. The fourth-order valence-electron chi connectivity index (χ4n) is 0.978. The van der Waals surface area contributed by atoms with Gasteiger partial charge in [0.15, 0.2) is 0 Å². The van der Waals surface area contributed by atoms with Crippen molar-refractivity contribution < 1.29 is 5.11 Å². The molecule has 1 aromatic heterocycles. The third-order valence-corrected chi connectivity index (χ3v) is 1.87. The Hall–Kier alpha value is -0.870. The van der Waals surface area contributed by atoms with Gasteiger partial charge in [-0.15, -0.1) is 0 Å². The standard InChI is InChI=1S/C7H13N3O/c1-5-6(7(8)4-11)3-9-10(5)2/h3,7,11H,4,8H2,1-2H3. The molecule has 1 rings (SSSR count). The quantitative estimate of drug-likeness (QED) is 0.617. The molecule has 3 N–H and O–H groups in total. The van der Waals surface area contributed by atoms with Crippen LogP contribution in [0.2, 0.25) is 0 Å². The van der Waals surface area contributed by atoms with Crippen LogP contribution in [0, 0.1) is 6.92 Å². The smallest absolute Gasteiger partial charge is 0.0625 e. The Morgan fingerprint density at radius 3 is 2.82 bits per heavy atom. The van der Waals surface area contributed by atoms with Gasteiger partial charge in [-0.1, -0.05) is 0 Å². The highest BCUT2D eigenvalue weighted by molar-refractivity contribution is 5.19. The van der Waals surface area contributed by atoms with Crippen LogP contribution in [0.1, 0.15) is 17.3 Å². The fourth-order valence-corrected chi connectivity index (χ4v) is 0.978. The monoisotopic (exact) mass is 155 g/mol. The van der Waals surface area contributed by atoms with Crippen LogP contribution in [0.15, 0.2) is 6.20 Å². The van der Waals surface area contributed by atoms with E-state index in [4.69, 9.17) is 10.8 Å². The summed E-state index contributed by atoms with van der Waals surface area (Å²) in [6.45, 7) is 1.89. The molecule has 4 nitrogen and oxygen atoms in total. The molecule has 1 aromatic rings. The largest absolute Gasteiger partial charge is 0.394 e. The van der Waals surface area contributed by atoms with Crippen molar-refractivity contribution in [3.05, 3.63) is 17.5 Å². The maximum absolute atomic E-state index is 8.76. The molecule has 1 unspecified atom stereocenters. The third-order valence-electron chi connectivity index (χ3n) is 1.87. The predicted octanol–water partition coefficient (Wildman–Crippen LogP) is -0.279. The maximum atomic E-state index is 8.76. The second kappa shape index (κ2) is 3.02. The molecule has 0 aliphatic carbocycles. The Labute approximate surface area is 65.6 Å². The Bertz CT molecular complexity index is 244. The highest BCUT2D eigenvalue weighted by atomic mass is 16.3. The van der Waals surface area contributed by atoms with Crippen LogP contribution >= 0.6 is 0 Å². The Morgan fingerprint density at radius 2 is 2.45 bits per heavy atom. The molecule has 0 aliphatic rings. The second-order valence-electron chi connectivity index (χ2n) is 2.60. The molecule has 62 valence electrons. The SMILES string of the molecule is Cc1c(C(N)CO)cnn1C. The molecule has 0 bridgehead atoms. The number of aromatic nitrogens is 2. The number of hydrogen-bond donors (Lipinski definition) is 2. The lowest BCUT2D eigenvalue weighted by molar-refractivity contribution is 0.267. The van der Waals surface area contributed by atoms with E-state index >= 15 is 0 Å². The van der Waals surface area contributed by atoms with Crippen molar-refractivity contribution in [3.63, 3.8) is 0 Å². The summed E-state index contributed by atoms with van der Waals surface area (Å²) in [4.78, 5) is 0. The molecular formula is C7H13N3O. The molecule has 0 saturated heterocycles. The Morgan fingerprint density at radius 1 is 1.82 bits per heavy atom. The van der Waals surface area contributed by atoms with Crippen molar-refractivity contribution in [1.29, 1.82) is 0 Å². The van der Waals surface area contributed by atoms with Crippen molar-refractivity contribution in [2.45, 2.75) is 13.0 Å². The number of aliphatic hydroxyl groups excluding tert-OH is 1. The number of aryl methyl sites for hydroxylation is 1. The molecule has 0 aliphatic heterocycles. The number of nitrogens with zero attached hydrogens (tertiary/aromatic N) is 2. The number of aliphatic hydroxyl groups is 1. The lowest BCUT2D eigenvalue weighted by atomic mass is 10.1. The summed E-state index contributed by atoms with van der Waals surface area (Å²) < 4.78 is 1.74. The lowest BCUT2D eigenvalue weighted by Gasteiger charge is -2.06. The van der Waals surface area contributed by atoms with Gasteiger partial charge < -0.3 is 10.8 Å². The molecule has 1 atom stereocenters. The van der Waals surface area contributed by atoms with Gasteiger partial charge in [-0.25, -0.2) is 0 Å². The summed E-state index contributed by atoms with van der Waals surface area (Å²) in [7, 11) is 1.85. The first-order chi connectivity index (χ1) is 5.16. The molecule has 4 heteroatoms. The van der Waals surface area contributed by atoms with Crippen LogP contribution in [-0.4, -0.2) is 21.5 Å². The minimum absolute atomic E-state index is 0.0352. The van der Waals surface area contributed by atoms with E-state index in [0.717, 1.165) is 11.3 Å². The van der Waals surface area contributed by atoms with Crippen LogP contribution in [0.3, 0.4) is 0 Å². The zero-order chi connectivity index (χ0) is 8.43. The molecule has 0 radical (unpaired) electrons. The van der Waals surface area contributed by atoms with E-state index in [0.29, 0.717) is 0 Å². The zero-order valence-electron chi connectivity index (χ0n) is 6.78. The average molecular weight is 155 g/mol. The summed E-state index contributed by atoms with van der Waals surface area (Å²) >= 11 is 0. The summed E-state index contributed by atoms with van der Waals surface area (Å²) in [5.41, 5.74) is 7.52. The fraction of sp³-hybridized carbons (Fsp3) is 0.571. The van der Waals surface area contributed by atoms with E-state index in [9.17, 15) is 0 Å². The maximum Gasteiger partial charge on any atom is 0.0625 e. The van der Waals surface area contributed by atoms with Crippen molar-refractivity contribution in [2.75, 3.05) is 6.61 Å². The average Bonchev–Trinajstić information content (AvgIpc) is 2.32. The molecule has 1 heterocycles. The summed E-state index contributed by atoms with van der Waals surface area (Å²) in [6.07, 6.45) is 1.69. The first-order valence-corrected chi connectivity index (χ1v) is 3.51. The zero-order valence-corrected chi connectivity index (χ0v) is 6.78. The topological polar surface area (TPSA) is 64.1 Å². The van der Waals surface area contributed by atoms with E-state index in [2.05, 4.69) is 5.10 Å². The van der Waals surface area contributed by atoms with Gasteiger partial charge in [0, 0.05) is 18.3 Å². The molecule has 0 spiro atoms. The Kier molecular flexibility index (Phi) is 2.26. The normalized spacial score (nSPS) is 13.5. The van der Waals surface area contributed by atoms with E-state index in [1.54, 1.807) is 10.9 Å². The molecule has 11 heavy (non-hydrogen) atoms. The number of nitrogens with two attached hydrogens (primary N) is 1. The van der Waals surface area contributed by atoms with E-state index in [1.807, 2.05) is 14.0 Å². The van der Waals surface area contributed by atoms with Crippen LogP contribution in [-0.2, 0) is 7.05 Å². The van der Waals surface area contributed by atoms with E-state index in [1.165, 1.54) is 0 Å². The summed E-state index contributed by atoms with van der Waals surface area (Å²) in [6, 6.07) is -0.302. The van der Waals surface area contributed by atoms with Gasteiger partial charge in [0.05, 0.1) is 18.8 Å². The number of rotatable bonds is 2. The molecule has 0 aromatic carbocycles. The minimum atomic E-state index is -0.302. The summed E-state index contributed by atoms with van der Waals surface area (Å²) in [5, 5.41) is 12.8. The van der Waals surface area contributed by atoms with E-state index < -0.39 is 0 Å². The molecular weight excluding hydrogens is 142 g/mol. The summed E-state index contributed by atoms with van der Waals surface area (Å²) in [5.74, 6) is 0. The van der Waals surface area contributed by atoms with Crippen LogP contribution < -0.4 is 5.73 Å². The molecule has 0 saturated carbocycles. The first-order valence-electron chi connectivity index (χ1n) is 3.51. The van der Waals surface area contributed by atoms with Gasteiger partial charge in [0.1, 0.15) is 0 Å². The van der Waals surface area contributed by atoms with E-state index in [-0.39, 0.29) is 12.6 Å². The van der Waals surface area contributed by atoms with Gasteiger partial charge in [-0.05, 0) is 6.92 Å². The van der Waals surface area contributed by atoms with Gasteiger partial charge in [-0.3, -0.25) is 4.68 Å². The van der Waals surface area contributed by atoms with Gasteiger partial charge in [-0.2, -0.15) is 5.10 Å². The van der Waals surface area contributed by atoms with Crippen LogP contribution in [0.25, 0.3) is 0 Å². The lowest BCUT2D eigenvalue weighted by Crippen LogP contribution is -2.15. The van der Waals surface area contributed by atoms with Crippen molar-refractivity contribution in [3.8, 4) is 0 Å². The molecule has 0 fully saturated rings. The van der Waals surface area contributed by atoms with Gasteiger partial charge >= 0.3 is 0 Å².